The van der Waals surface area contributed by atoms with Gasteiger partial charge in [0.25, 0.3) is 5.69 Å². The number of nitrogens with one attached hydrogen (secondary N) is 2. The van der Waals surface area contributed by atoms with E-state index in [-0.39, 0.29) is 17.6 Å². The second-order valence-corrected chi connectivity index (χ2v) is 7.63. The summed E-state index contributed by atoms with van der Waals surface area (Å²) in [5, 5.41) is 18.3. The molecule has 14 heteroatoms. The topological polar surface area (TPSA) is 158 Å². The van der Waals surface area contributed by atoms with Crippen molar-refractivity contribution in [1.29, 1.82) is 0 Å². The molecule has 0 amide bonds. The summed E-state index contributed by atoms with van der Waals surface area (Å²) >= 11 is 0. The molecule has 1 saturated heterocycles. The molecule has 1 aliphatic heterocycles. The molecule has 4 rings (SSSR count). The lowest BCUT2D eigenvalue weighted by molar-refractivity contribution is -0.384. The molecule has 37 heavy (non-hydrogen) atoms. The Hall–Kier alpha value is -4.72. The molecule has 2 N–H and O–H groups in total. The molecule has 0 bridgehead atoms. The molecule has 194 valence electrons. The predicted octanol–water partition coefficient (Wildman–Crippen LogP) is 2.83. The molecule has 0 saturated carbocycles. The highest BCUT2D eigenvalue weighted by Crippen LogP contribution is 2.33. The lowest BCUT2D eigenvalue weighted by atomic mass is 10.2. The Labute approximate surface area is 212 Å². The van der Waals surface area contributed by atoms with Gasteiger partial charge in [0.05, 0.1) is 45.7 Å². The average Bonchev–Trinajstić information content (AvgIpc) is 2.93. The van der Waals surface area contributed by atoms with Gasteiger partial charge in [-0.15, -0.1) is 0 Å². The molecule has 2 aromatic carbocycles. The van der Waals surface area contributed by atoms with Crippen LogP contribution in [0, 0.1) is 10.1 Å². The molecule has 1 aromatic heterocycles. The maximum Gasteiger partial charge on any atom is 0.269 e. The van der Waals surface area contributed by atoms with Crippen molar-refractivity contribution in [3.8, 4) is 17.2 Å². The number of aromatic nitrogens is 3. The number of methoxy groups -OCH3 is 3. The van der Waals surface area contributed by atoms with Crippen molar-refractivity contribution in [3.63, 3.8) is 0 Å². The minimum absolute atomic E-state index is 0.0162. The molecule has 1 fully saturated rings. The van der Waals surface area contributed by atoms with Crippen molar-refractivity contribution < 1.29 is 23.9 Å². The maximum atomic E-state index is 10.9. The van der Waals surface area contributed by atoms with Crippen LogP contribution in [0.4, 0.5) is 29.2 Å². The molecule has 0 spiro atoms. The number of nitrogens with zero attached hydrogens (tertiary/aromatic N) is 6. The van der Waals surface area contributed by atoms with Gasteiger partial charge in [-0.05, 0) is 18.2 Å². The van der Waals surface area contributed by atoms with E-state index in [9.17, 15) is 10.1 Å². The third kappa shape index (κ3) is 6.29. The van der Waals surface area contributed by atoms with Gasteiger partial charge in [0.2, 0.25) is 17.8 Å². The maximum absolute atomic E-state index is 10.9. The lowest BCUT2D eigenvalue weighted by Gasteiger charge is -2.27. The van der Waals surface area contributed by atoms with Gasteiger partial charge in [0.15, 0.2) is 11.5 Å². The number of hydrogen-bond donors (Lipinski definition) is 2. The summed E-state index contributed by atoms with van der Waals surface area (Å²) in [4.78, 5) is 25.8. The van der Waals surface area contributed by atoms with Crippen LogP contribution in [-0.4, -0.2) is 73.7 Å². The Morgan fingerprint density at radius 1 is 0.973 bits per heavy atom. The Morgan fingerprint density at radius 2 is 1.62 bits per heavy atom. The summed E-state index contributed by atoms with van der Waals surface area (Å²) in [5.74, 6) is 2.45. The van der Waals surface area contributed by atoms with Crippen LogP contribution in [0.1, 0.15) is 5.56 Å². The zero-order valence-corrected chi connectivity index (χ0v) is 20.5. The van der Waals surface area contributed by atoms with E-state index in [0.717, 1.165) is 0 Å². The van der Waals surface area contributed by atoms with E-state index in [1.54, 1.807) is 51.8 Å². The lowest BCUT2D eigenvalue weighted by Crippen LogP contribution is -2.37. The van der Waals surface area contributed by atoms with Gasteiger partial charge >= 0.3 is 0 Å². The Bertz CT molecular complexity index is 1260. The second-order valence-electron chi connectivity index (χ2n) is 7.63. The van der Waals surface area contributed by atoms with Crippen LogP contribution in [0.15, 0.2) is 41.5 Å². The van der Waals surface area contributed by atoms with Crippen LogP contribution < -0.4 is 29.9 Å². The zero-order chi connectivity index (χ0) is 26.2. The van der Waals surface area contributed by atoms with Crippen LogP contribution >= 0.6 is 0 Å². The predicted molar refractivity (Wildman–Crippen MR) is 137 cm³/mol. The number of ether oxygens (including phenoxy) is 4. The highest BCUT2D eigenvalue weighted by atomic mass is 16.6. The number of rotatable bonds is 10. The minimum atomic E-state index is -0.462. The fourth-order valence-electron chi connectivity index (χ4n) is 3.48. The Morgan fingerprint density at radius 3 is 2.27 bits per heavy atom. The van der Waals surface area contributed by atoms with Crippen molar-refractivity contribution in [2.75, 3.05) is 63.3 Å². The van der Waals surface area contributed by atoms with Gasteiger partial charge in [-0.25, -0.2) is 5.43 Å². The van der Waals surface area contributed by atoms with Crippen LogP contribution in [0.25, 0.3) is 0 Å². The molecule has 0 radical (unpaired) electrons. The number of nitro benzene ring substituents is 1. The first kappa shape index (κ1) is 25.4. The molecule has 0 atom stereocenters. The minimum Gasteiger partial charge on any atom is -0.496 e. The van der Waals surface area contributed by atoms with E-state index in [1.807, 2.05) is 4.90 Å². The molecule has 2 heterocycles. The monoisotopic (exact) mass is 510 g/mol. The van der Waals surface area contributed by atoms with Crippen LogP contribution in [0.5, 0.6) is 17.2 Å². The number of hydrazone groups is 1. The van der Waals surface area contributed by atoms with Gasteiger partial charge in [-0.1, -0.05) is 0 Å². The number of nitro groups is 1. The number of benzene rings is 2. The number of hydrogen-bond acceptors (Lipinski definition) is 13. The second kappa shape index (κ2) is 11.8. The van der Waals surface area contributed by atoms with Gasteiger partial charge in [0.1, 0.15) is 5.75 Å². The molecule has 1 aliphatic rings. The number of anilines is 4. The highest BCUT2D eigenvalue weighted by Gasteiger charge is 2.17. The standard InChI is InChI=1S/C23H26N8O6/c1-34-18-13-20(36-3)19(35-2)12-15(18)14-24-29-22-26-21(25-16-4-6-17(7-5-16)31(32)33)27-23(28-22)30-8-10-37-11-9-30/h4-7,12-14H,8-11H2,1-3H3,(H2,25,26,27,28,29)/b24-14+. The van der Waals surface area contributed by atoms with E-state index in [2.05, 4.69) is 30.8 Å². The summed E-state index contributed by atoms with van der Waals surface area (Å²) in [6, 6.07) is 9.37. The van der Waals surface area contributed by atoms with Crippen molar-refractivity contribution in [3.05, 3.63) is 52.1 Å². The van der Waals surface area contributed by atoms with E-state index in [4.69, 9.17) is 18.9 Å². The largest absolute Gasteiger partial charge is 0.496 e. The van der Waals surface area contributed by atoms with Crippen molar-refractivity contribution in [1.82, 2.24) is 15.0 Å². The summed E-state index contributed by atoms with van der Waals surface area (Å²) in [5.41, 5.74) is 4.03. The van der Waals surface area contributed by atoms with Gasteiger partial charge in [0, 0.05) is 42.5 Å². The van der Waals surface area contributed by atoms with Crippen LogP contribution in [-0.2, 0) is 4.74 Å². The fraction of sp³-hybridized carbons (Fsp3) is 0.304. The molecule has 0 aliphatic carbocycles. The Balaban J connectivity index is 1.59. The number of morpholine rings is 1. The van der Waals surface area contributed by atoms with E-state index < -0.39 is 4.92 Å². The third-order valence-electron chi connectivity index (χ3n) is 5.36. The van der Waals surface area contributed by atoms with Crippen LogP contribution in [0.3, 0.4) is 0 Å². The van der Waals surface area contributed by atoms with Gasteiger partial charge in [-0.3, -0.25) is 10.1 Å². The number of non-ortho nitro benzene ring substituents is 1. The summed E-state index contributed by atoms with van der Waals surface area (Å²) in [6.45, 7) is 2.34. The van der Waals surface area contributed by atoms with Gasteiger partial charge < -0.3 is 29.2 Å². The molecular formula is C23H26N8O6. The molecule has 0 unspecified atom stereocenters. The molecule has 14 nitrogen and oxygen atoms in total. The average molecular weight is 511 g/mol. The summed E-state index contributed by atoms with van der Waals surface area (Å²) in [6.07, 6.45) is 1.54. The highest BCUT2D eigenvalue weighted by molar-refractivity contribution is 5.85. The smallest absolute Gasteiger partial charge is 0.269 e. The summed E-state index contributed by atoms with van der Waals surface area (Å²) < 4.78 is 21.5. The third-order valence-corrected chi connectivity index (χ3v) is 5.36. The quantitative estimate of drug-likeness (QED) is 0.234. The first-order valence-corrected chi connectivity index (χ1v) is 11.2. The first-order chi connectivity index (χ1) is 18.0. The normalized spacial score (nSPS) is 13.3. The first-order valence-electron chi connectivity index (χ1n) is 11.2. The van der Waals surface area contributed by atoms with Crippen molar-refractivity contribution >= 4 is 35.4 Å². The van der Waals surface area contributed by atoms with Crippen molar-refractivity contribution in [2.24, 2.45) is 5.10 Å². The zero-order valence-electron chi connectivity index (χ0n) is 20.5. The van der Waals surface area contributed by atoms with E-state index in [0.29, 0.717) is 60.8 Å². The SMILES string of the molecule is COc1cc(OC)c(OC)cc1/C=N/Nc1nc(Nc2ccc([N+](=O)[O-])cc2)nc(N2CCOCC2)n1. The molecule has 3 aromatic rings. The van der Waals surface area contributed by atoms with E-state index >= 15 is 0 Å². The van der Waals surface area contributed by atoms with Gasteiger partial charge in [-0.2, -0.15) is 20.1 Å². The van der Waals surface area contributed by atoms with Crippen molar-refractivity contribution in [2.45, 2.75) is 0 Å². The fourth-order valence-corrected chi connectivity index (χ4v) is 3.48. The Kier molecular flexibility index (Phi) is 8.10. The summed E-state index contributed by atoms with van der Waals surface area (Å²) in [7, 11) is 4.63. The molecular weight excluding hydrogens is 484 g/mol. The van der Waals surface area contributed by atoms with Crippen LogP contribution in [0.2, 0.25) is 0 Å². The van der Waals surface area contributed by atoms with E-state index in [1.165, 1.54) is 12.1 Å².